The average molecular weight is 297 g/mol. The zero-order chi connectivity index (χ0) is 15.2. The Labute approximate surface area is 120 Å². The van der Waals surface area contributed by atoms with Crippen molar-refractivity contribution in [1.29, 1.82) is 0 Å². The Balaban J connectivity index is 2.06. The van der Waals surface area contributed by atoms with Gasteiger partial charge in [-0.15, -0.1) is 0 Å². The number of hydrogen-bond donors (Lipinski definition) is 2. The summed E-state index contributed by atoms with van der Waals surface area (Å²) >= 11 is 0. The van der Waals surface area contributed by atoms with Crippen LogP contribution in [-0.2, 0) is 9.47 Å². The van der Waals surface area contributed by atoms with Gasteiger partial charge in [-0.25, -0.2) is 4.79 Å². The summed E-state index contributed by atoms with van der Waals surface area (Å²) in [6.45, 7) is 1.86. The molecule has 2 rings (SSSR count). The van der Waals surface area contributed by atoms with E-state index in [1.165, 1.54) is 12.1 Å². The number of carbonyl (C=O) groups is 1. The van der Waals surface area contributed by atoms with Gasteiger partial charge in [0.15, 0.2) is 0 Å². The van der Waals surface area contributed by atoms with E-state index in [2.05, 4.69) is 10.1 Å². The van der Waals surface area contributed by atoms with Crippen molar-refractivity contribution in [3.8, 4) is 5.75 Å². The molecule has 0 aromatic heterocycles. The lowest BCUT2D eigenvalue weighted by Gasteiger charge is -2.23. The lowest BCUT2D eigenvalue weighted by Crippen LogP contribution is -2.34. The van der Waals surface area contributed by atoms with Gasteiger partial charge < -0.3 is 25.3 Å². The fourth-order valence-electron chi connectivity index (χ4n) is 1.87. The lowest BCUT2D eigenvalue weighted by molar-refractivity contribution is -0.384. The van der Waals surface area contributed by atoms with Crippen molar-refractivity contribution in [1.82, 2.24) is 0 Å². The Morgan fingerprint density at radius 3 is 2.95 bits per heavy atom. The predicted molar refractivity (Wildman–Crippen MR) is 72.4 cm³/mol. The molecule has 1 atom stereocenters. The van der Waals surface area contributed by atoms with Crippen LogP contribution in [0.5, 0.6) is 5.75 Å². The summed E-state index contributed by atoms with van der Waals surface area (Å²) in [5.74, 6) is 0.0111. The number of primary amides is 1. The second-order valence-electron chi connectivity index (χ2n) is 4.31. The molecule has 0 spiro atoms. The van der Waals surface area contributed by atoms with E-state index in [9.17, 15) is 14.9 Å². The molecule has 21 heavy (non-hydrogen) atoms. The molecule has 1 unspecified atom stereocenters. The Morgan fingerprint density at radius 1 is 1.52 bits per heavy atom. The average Bonchev–Trinajstić information content (AvgIpc) is 2.46. The molecule has 9 nitrogen and oxygen atoms in total. The third kappa shape index (κ3) is 4.29. The number of carbonyl (C=O) groups excluding carboxylic acids is 1. The minimum Gasteiger partial charge on any atom is -0.410 e. The number of nitrogens with one attached hydrogen (secondary N) is 1. The molecule has 3 N–H and O–H groups in total. The van der Waals surface area contributed by atoms with Crippen LogP contribution in [0, 0.1) is 10.1 Å². The van der Waals surface area contributed by atoms with Crippen LogP contribution in [0.4, 0.5) is 16.2 Å². The third-order valence-corrected chi connectivity index (χ3v) is 2.79. The summed E-state index contributed by atoms with van der Waals surface area (Å²) < 4.78 is 15.3. The van der Waals surface area contributed by atoms with E-state index in [-0.39, 0.29) is 17.5 Å². The quantitative estimate of drug-likeness (QED) is 0.610. The van der Waals surface area contributed by atoms with Gasteiger partial charge in [0.1, 0.15) is 11.4 Å². The van der Waals surface area contributed by atoms with Gasteiger partial charge in [-0.3, -0.25) is 10.1 Å². The molecule has 0 bridgehead atoms. The first-order chi connectivity index (χ1) is 10.1. The molecule has 1 amide bonds. The normalized spacial score (nSPS) is 18.0. The molecule has 1 aliphatic heterocycles. The van der Waals surface area contributed by atoms with Crippen LogP contribution in [0.2, 0.25) is 0 Å². The molecule has 1 aliphatic rings. The van der Waals surface area contributed by atoms with Gasteiger partial charge in [-0.2, -0.15) is 0 Å². The Kier molecular flexibility index (Phi) is 4.90. The fraction of sp³-hybridized carbons (Fsp3) is 0.417. The van der Waals surface area contributed by atoms with E-state index in [0.29, 0.717) is 32.1 Å². The third-order valence-electron chi connectivity index (χ3n) is 2.79. The molecule has 1 saturated heterocycles. The highest BCUT2D eigenvalue weighted by molar-refractivity contribution is 5.70. The zero-order valence-electron chi connectivity index (χ0n) is 11.1. The van der Waals surface area contributed by atoms with E-state index in [0.717, 1.165) is 6.07 Å². The number of nitrogens with two attached hydrogens (primary N) is 1. The van der Waals surface area contributed by atoms with Gasteiger partial charge in [-0.05, 0) is 12.1 Å². The van der Waals surface area contributed by atoms with E-state index in [1.807, 2.05) is 0 Å². The summed E-state index contributed by atoms with van der Waals surface area (Å²) in [5, 5.41) is 14.0. The number of nitro groups is 1. The number of hydrogen-bond acceptors (Lipinski definition) is 7. The van der Waals surface area contributed by atoms with Gasteiger partial charge in [0, 0.05) is 6.54 Å². The topological polar surface area (TPSA) is 126 Å². The van der Waals surface area contributed by atoms with Gasteiger partial charge in [0.05, 0.1) is 36.9 Å². The molecule has 0 saturated carbocycles. The Hall–Kier alpha value is -2.39. The number of benzene rings is 1. The number of nitro benzene ring substituents is 1. The van der Waals surface area contributed by atoms with E-state index < -0.39 is 11.0 Å². The zero-order valence-corrected chi connectivity index (χ0v) is 11.1. The molecule has 0 radical (unpaired) electrons. The van der Waals surface area contributed by atoms with Crippen molar-refractivity contribution in [3.63, 3.8) is 0 Å². The minimum atomic E-state index is -1.03. The SMILES string of the molecule is NC(=O)Oc1ccc(NCC2COCCO2)c([N+](=O)[O-])c1. The molecule has 114 valence electrons. The summed E-state index contributed by atoms with van der Waals surface area (Å²) in [7, 11) is 0. The first kappa shape index (κ1) is 15.0. The fourth-order valence-corrected chi connectivity index (χ4v) is 1.87. The summed E-state index contributed by atoms with van der Waals surface area (Å²) in [5.41, 5.74) is 4.95. The first-order valence-electron chi connectivity index (χ1n) is 6.25. The minimum absolute atomic E-state index is 0.0111. The second kappa shape index (κ2) is 6.86. The maximum atomic E-state index is 11.0. The van der Waals surface area contributed by atoms with Crippen LogP contribution in [-0.4, -0.2) is 43.5 Å². The molecule has 0 aliphatic carbocycles. The number of amides is 1. The van der Waals surface area contributed by atoms with Gasteiger partial charge in [-0.1, -0.05) is 0 Å². The van der Waals surface area contributed by atoms with Crippen LogP contribution < -0.4 is 15.8 Å². The number of nitrogens with zero attached hydrogens (tertiary/aromatic N) is 1. The first-order valence-corrected chi connectivity index (χ1v) is 6.25. The maximum Gasteiger partial charge on any atom is 0.409 e. The van der Waals surface area contributed by atoms with Gasteiger partial charge >= 0.3 is 6.09 Å². The smallest absolute Gasteiger partial charge is 0.409 e. The molecule has 9 heteroatoms. The Bertz CT molecular complexity index is 530. The maximum absolute atomic E-state index is 11.0. The van der Waals surface area contributed by atoms with E-state index >= 15 is 0 Å². The van der Waals surface area contributed by atoms with Crippen LogP contribution in [0.1, 0.15) is 0 Å². The molecule has 1 aromatic carbocycles. The standard InChI is InChI=1S/C12H15N3O6/c13-12(16)21-8-1-2-10(11(5-8)15(17)18)14-6-9-7-19-3-4-20-9/h1-2,5,9,14H,3-4,6-7H2,(H2,13,16). The molecule has 1 heterocycles. The van der Waals surface area contributed by atoms with Gasteiger partial charge in [0.25, 0.3) is 5.69 Å². The van der Waals surface area contributed by atoms with Crippen LogP contribution >= 0.6 is 0 Å². The molecule has 1 aromatic rings. The van der Waals surface area contributed by atoms with Crippen LogP contribution in [0.25, 0.3) is 0 Å². The Morgan fingerprint density at radius 2 is 2.33 bits per heavy atom. The van der Waals surface area contributed by atoms with Crippen molar-refractivity contribution >= 4 is 17.5 Å². The molecular formula is C12H15N3O6. The highest BCUT2D eigenvalue weighted by Crippen LogP contribution is 2.29. The molecule has 1 fully saturated rings. The van der Waals surface area contributed by atoms with E-state index in [1.54, 1.807) is 0 Å². The highest BCUT2D eigenvalue weighted by atomic mass is 16.6. The number of ether oxygens (including phenoxy) is 3. The second-order valence-corrected chi connectivity index (χ2v) is 4.31. The lowest BCUT2D eigenvalue weighted by atomic mass is 10.2. The van der Waals surface area contributed by atoms with Gasteiger partial charge in [0.2, 0.25) is 0 Å². The monoisotopic (exact) mass is 297 g/mol. The van der Waals surface area contributed by atoms with Crippen molar-refractivity contribution < 1.29 is 23.9 Å². The van der Waals surface area contributed by atoms with Crippen molar-refractivity contribution in [2.75, 3.05) is 31.7 Å². The number of anilines is 1. The number of rotatable bonds is 5. The summed E-state index contributed by atoms with van der Waals surface area (Å²) in [6.07, 6.45) is -1.20. The highest BCUT2D eigenvalue weighted by Gasteiger charge is 2.19. The van der Waals surface area contributed by atoms with Crippen molar-refractivity contribution in [2.24, 2.45) is 5.73 Å². The summed E-state index contributed by atoms with van der Waals surface area (Å²) in [6, 6.07) is 3.99. The van der Waals surface area contributed by atoms with Crippen molar-refractivity contribution in [2.45, 2.75) is 6.10 Å². The van der Waals surface area contributed by atoms with Crippen LogP contribution in [0.15, 0.2) is 18.2 Å². The summed E-state index contributed by atoms with van der Waals surface area (Å²) in [4.78, 5) is 21.1. The van der Waals surface area contributed by atoms with E-state index in [4.69, 9.17) is 15.2 Å². The predicted octanol–water partition coefficient (Wildman–Crippen LogP) is 0.880. The van der Waals surface area contributed by atoms with Crippen molar-refractivity contribution in [3.05, 3.63) is 28.3 Å². The largest absolute Gasteiger partial charge is 0.410 e. The van der Waals surface area contributed by atoms with Crippen LogP contribution in [0.3, 0.4) is 0 Å². The molecular weight excluding hydrogens is 282 g/mol.